The average Bonchev–Trinajstić information content (AvgIpc) is 2.38. The fraction of sp³-hybridized carbons (Fsp3) is 0.438. The first-order valence-corrected chi connectivity index (χ1v) is 7.26. The molecule has 0 aliphatic carbocycles. The quantitative estimate of drug-likeness (QED) is 0.855. The molecule has 1 aliphatic heterocycles. The summed E-state index contributed by atoms with van der Waals surface area (Å²) in [5, 5.41) is 0. The minimum Gasteiger partial charge on any atom is -0.355 e. The van der Waals surface area contributed by atoms with E-state index in [1.807, 2.05) is 19.2 Å². The number of aromatic nitrogens is 3. The highest BCUT2D eigenvalue weighted by Crippen LogP contribution is 2.29. The van der Waals surface area contributed by atoms with Crippen molar-refractivity contribution in [3.05, 3.63) is 47.7 Å². The summed E-state index contributed by atoms with van der Waals surface area (Å²) in [6.07, 6.45) is 4.01. The van der Waals surface area contributed by atoms with Gasteiger partial charge in [-0.3, -0.25) is 4.98 Å². The number of hydrogen-bond acceptors (Lipinski definition) is 4. The van der Waals surface area contributed by atoms with Gasteiger partial charge in [-0.25, -0.2) is 9.97 Å². The second-order valence-corrected chi connectivity index (χ2v) is 5.37. The molecule has 0 amide bonds. The number of hydrogen-bond donors (Lipinski definition) is 0. The summed E-state index contributed by atoms with van der Waals surface area (Å²) in [5.74, 6) is 2.46. The van der Waals surface area contributed by atoms with Gasteiger partial charge in [0.1, 0.15) is 11.6 Å². The molecule has 0 aromatic carbocycles. The van der Waals surface area contributed by atoms with E-state index in [1.165, 1.54) is 5.69 Å². The molecule has 3 heterocycles. The maximum absolute atomic E-state index is 4.56. The van der Waals surface area contributed by atoms with Crippen molar-refractivity contribution in [1.82, 2.24) is 15.0 Å². The third kappa shape index (κ3) is 2.64. The van der Waals surface area contributed by atoms with Gasteiger partial charge in [-0.15, -0.1) is 0 Å². The summed E-state index contributed by atoms with van der Waals surface area (Å²) in [6.45, 7) is 6.15. The molecule has 1 aliphatic rings. The molecule has 0 unspecified atom stereocenters. The van der Waals surface area contributed by atoms with Gasteiger partial charge in [0.25, 0.3) is 0 Å². The van der Waals surface area contributed by atoms with Gasteiger partial charge < -0.3 is 4.90 Å². The summed E-state index contributed by atoms with van der Waals surface area (Å²) < 4.78 is 0. The molecule has 20 heavy (non-hydrogen) atoms. The molecule has 0 N–H and O–H groups in total. The lowest BCUT2D eigenvalue weighted by Crippen LogP contribution is -2.46. The van der Waals surface area contributed by atoms with Gasteiger partial charge in [-0.2, -0.15) is 0 Å². The van der Waals surface area contributed by atoms with E-state index in [4.69, 9.17) is 0 Å². The first-order chi connectivity index (χ1) is 9.76. The highest BCUT2D eigenvalue weighted by Gasteiger charge is 2.30. The number of nitrogens with zero attached hydrogens (tertiary/aromatic N) is 4. The Balaban J connectivity index is 1.70. The zero-order valence-electron chi connectivity index (χ0n) is 12.1. The first kappa shape index (κ1) is 13.0. The van der Waals surface area contributed by atoms with E-state index in [2.05, 4.69) is 45.0 Å². The van der Waals surface area contributed by atoms with E-state index in [1.54, 1.807) is 0 Å². The molecule has 0 radical (unpaired) electrons. The molecule has 2 aromatic rings. The Bertz CT molecular complexity index is 576. The Morgan fingerprint density at radius 2 is 2.10 bits per heavy atom. The van der Waals surface area contributed by atoms with Crippen LogP contribution in [0.2, 0.25) is 0 Å². The summed E-state index contributed by atoms with van der Waals surface area (Å²) in [4.78, 5) is 15.8. The van der Waals surface area contributed by atoms with Crippen LogP contribution in [0.4, 0.5) is 5.82 Å². The molecule has 0 saturated carbocycles. The van der Waals surface area contributed by atoms with Crippen molar-refractivity contribution in [2.45, 2.75) is 32.6 Å². The first-order valence-electron chi connectivity index (χ1n) is 7.26. The molecule has 0 atom stereocenters. The molecular formula is C16H20N4. The Morgan fingerprint density at radius 3 is 2.80 bits per heavy atom. The molecule has 4 heteroatoms. The predicted octanol–water partition coefficient (Wildman–Crippen LogP) is 2.74. The van der Waals surface area contributed by atoms with E-state index in [9.17, 15) is 0 Å². The van der Waals surface area contributed by atoms with Gasteiger partial charge >= 0.3 is 0 Å². The van der Waals surface area contributed by atoms with Gasteiger partial charge in [0, 0.05) is 42.7 Å². The Labute approximate surface area is 119 Å². The highest BCUT2D eigenvalue weighted by molar-refractivity contribution is 5.45. The van der Waals surface area contributed by atoms with Crippen LogP contribution in [0.1, 0.15) is 36.5 Å². The van der Waals surface area contributed by atoms with E-state index in [-0.39, 0.29) is 0 Å². The Hall–Kier alpha value is -1.97. The van der Waals surface area contributed by atoms with Crippen LogP contribution in [0.15, 0.2) is 30.5 Å². The zero-order chi connectivity index (χ0) is 13.9. The van der Waals surface area contributed by atoms with Gasteiger partial charge in [-0.1, -0.05) is 19.4 Å². The third-order valence-corrected chi connectivity index (χ3v) is 3.70. The largest absolute Gasteiger partial charge is 0.355 e. The lowest BCUT2D eigenvalue weighted by atomic mass is 9.95. The minimum absolute atomic E-state index is 0.529. The van der Waals surface area contributed by atoms with Crippen molar-refractivity contribution < 1.29 is 0 Å². The van der Waals surface area contributed by atoms with Crippen molar-refractivity contribution in [3.63, 3.8) is 0 Å². The summed E-state index contributed by atoms with van der Waals surface area (Å²) >= 11 is 0. The van der Waals surface area contributed by atoms with Gasteiger partial charge in [-0.05, 0) is 25.5 Å². The molecule has 0 bridgehead atoms. The van der Waals surface area contributed by atoms with Gasteiger partial charge in [0.15, 0.2) is 0 Å². The lowest BCUT2D eigenvalue weighted by Gasteiger charge is -2.40. The second-order valence-electron chi connectivity index (χ2n) is 5.37. The van der Waals surface area contributed by atoms with Gasteiger partial charge in [0.2, 0.25) is 0 Å². The topological polar surface area (TPSA) is 41.9 Å². The SMILES string of the molecule is CCCc1cc(N2CC(c3ccccn3)C2)nc(C)n1. The van der Waals surface area contributed by atoms with Crippen molar-refractivity contribution >= 4 is 5.82 Å². The van der Waals surface area contributed by atoms with E-state index < -0.39 is 0 Å². The number of rotatable bonds is 4. The summed E-state index contributed by atoms with van der Waals surface area (Å²) in [6, 6.07) is 8.25. The molecule has 104 valence electrons. The van der Waals surface area contributed by atoms with Crippen molar-refractivity contribution in [3.8, 4) is 0 Å². The normalized spacial score (nSPS) is 15.2. The van der Waals surface area contributed by atoms with Crippen LogP contribution in [-0.2, 0) is 6.42 Å². The van der Waals surface area contributed by atoms with Crippen LogP contribution in [0.5, 0.6) is 0 Å². The Morgan fingerprint density at radius 1 is 1.25 bits per heavy atom. The fourth-order valence-corrected chi connectivity index (χ4v) is 2.63. The number of anilines is 1. The van der Waals surface area contributed by atoms with Crippen molar-refractivity contribution in [1.29, 1.82) is 0 Å². The number of pyridine rings is 1. The average molecular weight is 268 g/mol. The fourth-order valence-electron chi connectivity index (χ4n) is 2.63. The van der Waals surface area contributed by atoms with Crippen LogP contribution >= 0.6 is 0 Å². The standard InChI is InChI=1S/C16H20N4/c1-3-6-14-9-16(19-12(2)18-14)20-10-13(11-20)15-7-4-5-8-17-15/h4-5,7-9,13H,3,6,10-11H2,1-2H3. The van der Waals surface area contributed by atoms with Crippen LogP contribution in [-0.4, -0.2) is 28.0 Å². The summed E-state index contributed by atoms with van der Waals surface area (Å²) in [5.41, 5.74) is 2.33. The van der Waals surface area contributed by atoms with Crippen LogP contribution in [0.25, 0.3) is 0 Å². The zero-order valence-corrected chi connectivity index (χ0v) is 12.1. The smallest absolute Gasteiger partial charge is 0.132 e. The molecule has 1 saturated heterocycles. The number of aryl methyl sites for hydroxylation is 2. The molecule has 4 nitrogen and oxygen atoms in total. The maximum atomic E-state index is 4.56. The van der Waals surface area contributed by atoms with E-state index >= 15 is 0 Å². The Kier molecular flexibility index (Phi) is 3.63. The van der Waals surface area contributed by atoms with Crippen LogP contribution in [0.3, 0.4) is 0 Å². The maximum Gasteiger partial charge on any atom is 0.132 e. The van der Waals surface area contributed by atoms with Crippen molar-refractivity contribution in [2.24, 2.45) is 0 Å². The van der Waals surface area contributed by atoms with Gasteiger partial charge in [0.05, 0.1) is 0 Å². The minimum atomic E-state index is 0.529. The predicted molar refractivity (Wildman–Crippen MR) is 80.0 cm³/mol. The van der Waals surface area contributed by atoms with E-state index in [0.29, 0.717) is 5.92 Å². The highest BCUT2D eigenvalue weighted by atomic mass is 15.2. The lowest BCUT2D eigenvalue weighted by molar-refractivity contribution is 0.507. The van der Waals surface area contributed by atoms with Crippen LogP contribution in [0, 0.1) is 6.92 Å². The monoisotopic (exact) mass is 268 g/mol. The molecule has 2 aromatic heterocycles. The van der Waals surface area contributed by atoms with E-state index in [0.717, 1.165) is 43.3 Å². The summed E-state index contributed by atoms with van der Waals surface area (Å²) in [7, 11) is 0. The molecule has 0 spiro atoms. The van der Waals surface area contributed by atoms with Crippen molar-refractivity contribution in [2.75, 3.05) is 18.0 Å². The molecule has 3 rings (SSSR count). The second kappa shape index (κ2) is 5.57. The third-order valence-electron chi connectivity index (χ3n) is 3.70. The molecular weight excluding hydrogens is 248 g/mol. The van der Waals surface area contributed by atoms with Crippen LogP contribution < -0.4 is 4.90 Å². The molecule has 1 fully saturated rings.